The third kappa shape index (κ3) is 4.47. The van der Waals surface area contributed by atoms with Crippen LogP contribution >= 0.6 is 0 Å². The molecule has 2 aromatic rings. The molecule has 7 heteroatoms. The normalized spacial score (nSPS) is 21.2. The molecular weight excluding hydrogens is 346 g/mol. The van der Waals surface area contributed by atoms with Crippen molar-refractivity contribution < 1.29 is 18.8 Å². The average molecular weight is 371 g/mol. The highest BCUT2D eigenvalue weighted by Gasteiger charge is 2.30. The van der Waals surface area contributed by atoms with Crippen LogP contribution in [0.25, 0.3) is 0 Å². The highest BCUT2D eigenvalue weighted by molar-refractivity contribution is 5.78. The van der Waals surface area contributed by atoms with Gasteiger partial charge < -0.3 is 18.9 Å². The van der Waals surface area contributed by atoms with Crippen LogP contribution in [-0.4, -0.2) is 53.9 Å². The van der Waals surface area contributed by atoms with Crippen LogP contribution in [0.1, 0.15) is 49.2 Å². The molecule has 1 amide bonds. The van der Waals surface area contributed by atoms with Crippen molar-refractivity contribution in [3.8, 4) is 5.75 Å². The second-order valence-corrected chi connectivity index (χ2v) is 7.16. The highest BCUT2D eigenvalue weighted by Crippen LogP contribution is 2.29. The van der Waals surface area contributed by atoms with Crippen molar-refractivity contribution in [2.75, 3.05) is 32.9 Å². The zero-order valence-electron chi connectivity index (χ0n) is 15.4. The second kappa shape index (κ2) is 8.52. The first-order valence-electron chi connectivity index (χ1n) is 9.66. The maximum Gasteiger partial charge on any atom is 0.260 e. The fourth-order valence-electron chi connectivity index (χ4n) is 3.69. The molecule has 4 rings (SSSR count). The van der Waals surface area contributed by atoms with E-state index in [0.29, 0.717) is 24.1 Å². The zero-order chi connectivity index (χ0) is 18.5. The number of carbonyl (C=O) groups is 1. The summed E-state index contributed by atoms with van der Waals surface area (Å²) >= 11 is 0. The molecule has 1 unspecified atom stereocenters. The van der Waals surface area contributed by atoms with Crippen molar-refractivity contribution in [1.29, 1.82) is 0 Å². The summed E-state index contributed by atoms with van der Waals surface area (Å²) in [7, 11) is 0. The molecule has 2 aliphatic heterocycles. The van der Waals surface area contributed by atoms with E-state index >= 15 is 0 Å². The molecule has 1 aromatic heterocycles. The molecule has 1 atom stereocenters. The van der Waals surface area contributed by atoms with Crippen LogP contribution in [0, 0.1) is 0 Å². The summed E-state index contributed by atoms with van der Waals surface area (Å²) in [5, 5.41) is 4.19. The smallest absolute Gasteiger partial charge is 0.260 e. The predicted molar refractivity (Wildman–Crippen MR) is 97.6 cm³/mol. The molecule has 2 aliphatic rings. The Kier molecular flexibility index (Phi) is 5.67. The lowest BCUT2D eigenvalue weighted by atomic mass is 9.97. The molecule has 27 heavy (non-hydrogen) atoms. The minimum atomic E-state index is -0.00674. The van der Waals surface area contributed by atoms with Crippen molar-refractivity contribution >= 4 is 5.91 Å². The number of nitrogens with zero attached hydrogens (tertiary/aromatic N) is 3. The van der Waals surface area contributed by atoms with E-state index in [0.717, 1.165) is 51.3 Å². The summed E-state index contributed by atoms with van der Waals surface area (Å²) in [6, 6.07) is 9.40. The zero-order valence-corrected chi connectivity index (χ0v) is 15.4. The van der Waals surface area contributed by atoms with Crippen LogP contribution in [0.15, 0.2) is 34.9 Å². The van der Waals surface area contributed by atoms with Gasteiger partial charge in [-0.05, 0) is 37.8 Å². The quantitative estimate of drug-likeness (QED) is 0.804. The Morgan fingerprint density at radius 1 is 1.15 bits per heavy atom. The monoisotopic (exact) mass is 371 g/mol. The summed E-state index contributed by atoms with van der Waals surface area (Å²) < 4.78 is 16.5. The molecule has 144 valence electrons. The van der Waals surface area contributed by atoms with Gasteiger partial charge in [-0.2, -0.15) is 4.98 Å². The number of rotatable bonds is 5. The third-order valence-corrected chi connectivity index (χ3v) is 5.27. The van der Waals surface area contributed by atoms with Crippen molar-refractivity contribution in [3.05, 3.63) is 42.0 Å². The minimum Gasteiger partial charge on any atom is -0.484 e. The van der Waals surface area contributed by atoms with E-state index in [9.17, 15) is 4.79 Å². The Labute approximate surface area is 158 Å². The summed E-state index contributed by atoms with van der Waals surface area (Å²) in [5.74, 6) is 2.55. The van der Waals surface area contributed by atoms with Crippen molar-refractivity contribution in [3.63, 3.8) is 0 Å². The Morgan fingerprint density at radius 3 is 2.78 bits per heavy atom. The Hall–Kier alpha value is -2.41. The number of amides is 1. The standard InChI is InChI=1S/C20H25N3O4/c24-18(14-26-17-6-2-1-3-7-17)23-10-4-5-16(13-23)20-21-19(22-27-20)15-8-11-25-12-9-15/h1-3,6-7,15-16H,4-5,8-14H2. The van der Waals surface area contributed by atoms with Gasteiger partial charge in [0, 0.05) is 32.2 Å². The van der Waals surface area contributed by atoms with Gasteiger partial charge in [-0.15, -0.1) is 0 Å². The highest BCUT2D eigenvalue weighted by atomic mass is 16.5. The Balaban J connectivity index is 1.33. The molecular formula is C20H25N3O4. The van der Waals surface area contributed by atoms with Gasteiger partial charge in [-0.3, -0.25) is 4.79 Å². The fraction of sp³-hybridized carbons (Fsp3) is 0.550. The molecule has 2 fully saturated rings. The van der Waals surface area contributed by atoms with Gasteiger partial charge in [0.1, 0.15) is 5.75 Å². The van der Waals surface area contributed by atoms with Gasteiger partial charge in [0.05, 0.1) is 5.92 Å². The predicted octanol–water partition coefficient (Wildman–Crippen LogP) is 2.75. The van der Waals surface area contributed by atoms with E-state index in [2.05, 4.69) is 10.1 Å². The summed E-state index contributed by atoms with van der Waals surface area (Å²) in [5.41, 5.74) is 0. The summed E-state index contributed by atoms with van der Waals surface area (Å²) in [4.78, 5) is 19.0. The lowest BCUT2D eigenvalue weighted by Crippen LogP contribution is -2.41. The summed E-state index contributed by atoms with van der Waals surface area (Å²) in [6.45, 7) is 2.90. The number of hydrogen-bond acceptors (Lipinski definition) is 6. The molecule has 3 heterocycles. The van der Waals surface area contributed by atoms with Gasteiger partial charge in [0.15, 0.2) is 12.4 Å². The average Bonchev–Trinajstić information content (AvgIpc) is 3.24. The number of para-hydroxylation sites is 1. The first-order valence-corrected chi connectivity index (χ1v) is 9.66. The van der Waals surface area contributed by atoms with E-state index < -0.39 is 0 Å². The molecule has 0 N–H and O–H groups in total. The molecule has 1 aromatic carbocycles. The number of carbonyl (C=O) groups excluding carboxylic acids is 1. The number of benzene rings is 1. The number of ether oxygens (including phenoxy) is 2. The summed E-state index contributed by atoms with van der Waals surface area (Å²) in [6.07, 6.45) is 3.76. The van der Waals surface area contributed by atoms with Crippen LogP contribution < -0.4 is 4.74 Å². The number of hydrogen-bond donors (Lipinski definition) is 0. The van der Waals surface area contributed by atoms with E-state index in [4.69, 9.17) is 14.0 Å². The SMILES string of the molecule is O=C(COc1ccccc1)N1CCCC(c2nc(C3CCOCC3)no2)C1. The topological polar surface area (TPSA) is 77.7 Å². The van der Waals surface area contributed by atoms with Crippen LogP contribution in [-0.2, 0) is 9.53 Å². The molecule has 0 saturated carbocycles. The first kappa shape index (κ1) is 18.0. The maximum atomic E-state index is 12.5. The third-order valence-electron chi connectivity index (χ3n) is 5.27. The number of likely N-dealkylation sites (tertiary alicyclic amines) is 1. The molecule has 0 aliphatic carbocycles. The van der Waals surface area contributed by atoms with Crippen molar-refractivity contribution in [1.82, 2.24) is 15.0 Å². The second-order valence-electron chi connectivity index (χ2n) is 7.16. The van der Waals surface area contributed by atoms with Gasteiger partial charge >= 0.3 is 0 Å². The van der Waals surface area contributed by atoms with E-state index in [-0.39, 0.29) is 18.4 Å². The molecule has 0 spiro atoms. The van der Waals surface area contributed by atoms with Crippen LogP contribution in [0.2, 0.25) is 0 Å². The lowest BCUT2D eigenvalue weighted by Gasteiger charge is -2.31. The Bertz CT molecular complexity index is 743. The van der Waals surface area contributed by atoms with Crippen molar-refractivity contribution in [2.24, 2.45) is 0 Å². The molecule has 7 nitrogen and oxygen atoms in total. The Morgan fingerprint density at radius 2 is 1.96 bits per heavy atom. The van der Waals surface area contributed by atoms with Crippen LogP contribution in [0.4, 0.5) is 0 Å². The minimum absolute atomic E-state index is 0.00674. The van der Waals surface area contributed by atoms with Gasteiger partial charge in [0.2, 0.25) is 5.89 Å². The fourth-order valence-corrected chi connectivity index (χ4v) is 3.69. The van der Waals surface area contributed by atoms with Crippen LogP contribution in [0.5, 0.6) is 5.75 Å². The van der Waals surface area contributed by atoms with Gasteiger partial charge in [0.25, 0.3) is 5.91 Å². The van der Waals surface area contributed by atoms with Crippen LogP contribution in [0.3, 0.4) is 0 Å². The van der Waals surface area contributed by atoms with Crippen molar-refractivity contribution in [2.45, 2.75) is 37.5 Å². The molecule has 0 bridgehead atoms. The van der Waals surface area contributed by atoms with Gasteiger partial charge in [-0.1, -0.05) is 23.4 Å². The van der Waals surface area contributed by atoms with E-state index in [1.54, 1.807) is 0 Å². The molecule has 0 radical (unpaired) electrons. The largest absolute Gasteiger partial charge is 0.484 e. The maximum absolute atomic E-state index is 12.5. The number of piperidine rings is 1. The van der Waals surface area contributed by atoms with Gasteiger partial charge in [-0.25, -0.2) is 0 Å². The lowest BCUT2D eigenvalue weighted by molar-refractivity contribution is -0.134. The first-order chi connectivity index (χ1) is 13.3. The van der Waals surface area contributed by atoms with E-state index in [1.165, 1.54) is 0 Å². The number of aromatic nitrogens is 2. The molecule has 2 saturated heterocycles. The van der Waals surface area contributed by atoms with E-state index in [1.807, 2.05) is 35.2 Å².